The van der Waals surface area contributed by atoms with Crippen molar-refractivity contribution in [2.75, 3.05) is 44.4 Å². The summed E-state index contributed by atoms with van der Waals surface area (Å²) in [4.78, 5) is 99.8. The van der Waals surface area contributed by atoms with Crippen molar-refractivity contribution in [3.05, 3.63) is 0 Å². The van der Waals surface area contributed by atoms with Crippen molar-refractivity contribution in [1.82, 2.24) is 21.3 Å². The van der Waals surface area contributed by atoms with Gasteiger partial charge in [0, 0.05) is 62.1 Å². The van der Waals surface area contributed by atoms with Crippen LogP contribution in [-0.4, -0.2) is 214 Å². The Morgan fingerprint density at radius 3 is 1.52 bits per heavy atom. The third kappa shape index (κ3) is 24.2. The van der Waals surface area contributed by atoms with Gasteiger partial charge in [-0.1, -0.05) is 28.5 Å². The fraction of sp³-hybridized carbons (Fsp3) is 0.778. The molecule has 0 aromatic carbocycles. The van der Waals surface area contributed by atoms with E-state index in [9.17, 15) is 89.4 Å². The van der Waals surface area contributed by atoms with E-state index in [-0.39, 0.29) is 43.8 Å². The van der Waals surface area contributed by atoms with E-state index in [1.807, 2.05) is 0 Å². The summed E-state index contributed by atoms with van der Waals surface area (Å²) < 4.78 is 4.56. The molecule has 16 N–H and O–H groups in total. The number of hydrogen-bond donors (Lipinski definition) is 16. The predicted octanol–water partition coefficient (Wildman–Crippen LogP) is -6.27. The molecule has 0 aromatic heterocycles. The first-order valence-corrected chi connectivity index (χ1v) is 22.2. The van der Waals surface area contributed by atoms with Gasteiger partial charge in [0.15, 0.2) is 5.78 Å². The number of rotatable bonds is 37. The van der Waals surface area contributed by atoms with Crippen LogP contribution >= 0.6 is 21.6 Å². The average Bonchev–Trinajstić information content (AvgIpc) is 3.26. The number of aliphatic carboxylic acids is 2. The first kappa shape index (κ1) is 59.3. The highest BCUT2D eigenvalue weighted by Crippen LogP contribution is 2.23. The number of carbonyl (C=O) groups is 8. The summed E-state index contributed by atoms with van der Waals surface area (Å²) in [5.41, 5.74) is 0. The van der Waals surface area contributed by atoms with Crippen molar-refractivity contribution in [3.63, 3.8) is 0 Å². The number of nitrogens with one attached hydrogen (secondary N) is 4. The molecule has 0 radical (unpaired) electrons. The SMILES string of the molecule is CC[C@H](CCC(=O)NC[C@H](O)[C@@H](O)[C@H](O)[C@H](O)CO)C(=O)N[C@H](CCC(=O)O)C(=O)C[C@H](CCC(=O)NC[C@H](O)[C@@H](O)[C@H](O)[C@H](O)CO)C(=O)N[C@H](CSSCCOC=O)C(=O)O. The van der Waals surface area contributed by atoms with Crippen LogP contribution < -0.4 is 21.3 Å². The second kappa shape index (κ2) is 32.8. The monoisotopic (exact) mass is 950 g/mol. The summed E-state index contributed by atoms with van der Waals surface area (Å²) in [6, 6.07) is -3.07. The summed E-state index contributed by atoms with van der Waals surface area (Å²) >= 11 is 0. The van der Waals surface area contributed by atoms with Crippen molar-refractivity contribution >= 4 is 69.4 Å². The number of aliphatic hydroxyl groups excluding tert-OH is 10. The normalized spacial score (nSPS) is 17.1. The number of amides is 4. The van der Waals surface area contributed by atoms with Crippen LogP contribution in [0.4, 0.5) is 0 Å². The molecule has 25 nitrogen and oxygen atoms in total. The molecule has 0 spiro atoms. The lowest BCUT2D eigenvalue weighted by molar-refractivity contribution is -0.142. The largest absolute Gasteiger partial charge is 0.481 e. The molecule has 0 aliphatic heterocycles. The molecule has 63 heavy (non-hydrogen) atoms. The minimum atomic E-state index is -2.01. The highest BCUT2D eigenvalue weighted by Gasteiger charge is 2.34. The van der Waals surface area contributed by atoms with Gasteiger partial charge in [0.05, 0.1) is 31.5 Å². The molecule has 27 heteroatoms. The lowest BCUT2D eigenvalue weighted by Crippen LogP contribution is -2.50. The Morgan fingerprint density at radius 1 is 0.619 bits per heavy atom. The number of ether oxygens (including phenoxy) is 1. The Balaban J connectivity index is 6.04. The molecule has 0 heterocycles. The van der Waals surface area contributed by atoms with Crippen molar-refractivity contribution in [2.45, 2.75) is 119 Å². The van der Waals surface area contributed by atoms with Crippen LogP contribution in [-0.2, 0) is 43.1 Å². The predicted molar refractivity (Wildman–Crippen MR) is 219 cm³/mol. The highest BCUT2D eigenvalue weighted by molar-refractivity contribution is 8.76. The first-order valence-electron chi connectivity index (χ1n) is 19.7. The van der Waals surface area contributed by atoms with Crippen LogP contribution in [0.2, 0.25) is 0 Å². The van der Waals surface area contributed by atoms with Crippen molar-refractivity contribution < 1.29 is 104 Å². The van der Waals surface area contributed by atoms with Crippen LogP contribution in [0.15, 0.2) is 0 Å². The van der Waals surface area contributed by atoms with E-state index >= 15 is 0 Å². The maximum atomic E-state index is 13.8. The molecule has 0 saturated carbocycles. The number of Topliss-reactive ketones (excluding diaryl/α,β-unsaturated/α-hetero) is 1. The third-order valence-electron chi connectivity index (χ3n) is 9.43. The van der Waals surface area contributed by atoms with Gasteiger partial charge >= 0.3 is 11.9 Å². The third-order valence-corrected chi connectivity index (χ3v) is 11.8. The second-order valence-corrected chi connectivity index (χ2v) is 16.8. The van der Waals surface area contributed by atoms with E-state index in [4.69, 9.17) is 10.2 Å². The quantitative estimate of drug-likeness (QED) is 0.0156. The molecule has 0 aliphatic carbocycles. The number of ketones is 1. The van der Waals surface area contributed by atoms with Crippen molar-refractivity contribution in [3.8, 4) is 0 Å². The molecule has 0 unspecified atom stereocenters. The van der Waals surface area contributed by atoms with Crippen LogP contribution in [0, 0.1) is 11.8 Å². The standard InChI is InChI=1S/C36H62N4O21S2/c1-2-18(3-6-27(49)37-12-23(45)30(53)32(55)25(47)14-41)34(57)39-20(5-8-29(51)52)22(44)11-19(35(58)40-21(36(59)60)16-63-62-10-9-61-17-43)4-7-28(50)38-13-24(46)31(54)33(56)26(48)15-42/h17-21,23-26,30-33,41-42,45-48,53-56H,2-16H2,1H3,(H,37,49)(H,38,50)(H,39,57)(H,40,58)(H,51,52)(H,59,60)/t18-,19+,20-,21-,23+,24+,25-,26-,30-,31-,32-,33-/m1/s1. The first-order chi connectivity index (χ1) is 29.6. The molecule has 0 fully saturated rings. The number of carbonyl (C=O) groups excluding carboxylic acids is 6. The van der Waals surface area contributed by atoms with Gasteiger partial charge in [0.2, 0.25) is 23.6 Å². The summed E-state index contributed by atoms with van der Waals surface area (Å²) in [7, 11) is 2.13. The van der Waals surface area contributed by atoms with Crippen LogP contribution in [0.1, 0.15) is 58.3 Å². The van der Waals surface area contributed by atoms with Crippen LogP contribution in [0.25, 0.3) is 0 Å². The highest BCUT2D eigenvalue weighted by atomic mass is 33.1. The summed E-state index contributed by atoms with van der Waals surface area (Å²) in [6.45, 7) is -1.32. The van der Waals surface area contributed by atoms with Crippen molar-refractivity contribution in [2.24, 2.45) is 11.8 Å². The molecule has 0 aliphatic rings. The molecular formula is C36H62N4O21S2. The number of aliphatic hydroxyl groups is 10. The maximum Gasteiger partial charge on any atom is 0.327 e. The van der Waals surface area contributed by atoms with E-state index in [0.717, 1.165) is 21.6 Å². The Labute approximate surface area is 369 Å². The van der Waals surface area contributed by atoms with Crippen LogP contribution in [0.5, 0.6) is 0 Å². The molecule has 0 rings (SSSR count). The van der Waals surface area contributed by atoms with Gasteiger partial charge in [-0.2, -0.15) is 0 Å². The van der Waals surface area contributed by atoms with Gasteiger partial charge < -0.3 is 87.3 Å². The Kier molecular flexibility index (Phi) is 30.9. The summed E-state index contributed by atoms with van der Waals surface area (Å²) in [5.74, 6) is -9.46. The van der Waals surface area contributed by atoms with Crippen molar-refractivity contribution in [1.29, 1.82) is 0 Å². The van der Waals surface area contributed by atoms with Crippen LogP contribution in [0.3, 0.4) is 0 Å². The van der Waals surface area contributed by atoms with E-state index in [0.29, 0.717) is 0 Å². The molecule has 0 bridgehead atoms. The van der Waals surface area contributed by atoms with E-state index in [2.05, 4.69) is 26.0 Å². The summed E-state index contributed by atoms with van der Waals surface area (Å²) in [5, 5.41) is 125. The second-order valence-electron chi connectivity index (χ2n) is 14.2. The Bertz CT molecular complexity index is 1440. The molecule has 0 saturated heterocycles. The van der Waals surface area contributed by atoms with E-state index < -0.39 is 173 Å². The number of carboxylic acids is 2. The topological polar surface area (TPSA) is 437 Å². The molecule has 4 amide bonds. The zero-order valence-electron chi connectivity index (χ0n) is 34.5. The fourth-order valence-corrected chi connectivity index (χ4v) is 7.46. The lowest BCUT2D eigenvalue weighted by atomic mass is 9.90. The molecule has 364 valence electrons. The lowest BCUT2D eigenvalue weighted by Gasteiger charge is -2.26. The maximum absolute atomic E-state index is 13.8. The van der Waals surface area contributed by atoms with Gasteiger partial charge in [-0.05, 0) is 25.7 Å². The minimum absolute atomic E-state index is 0.0240. The van der Waals surface area contributed by atoms with E-state index in [1.54, 1.807) is 6.92 Å². The zero-order chi connectivity index (χ0) is 48.2. The van der Waals surface area contributed by atoms with Gasteiger partial charge in [-0.3, -0.25) is 33.6 Å². The number of carboxylic acid groups (broad SMARTS) is 2. The zero-order valence-corrected chi connectivity index (χ0v) is 36.1. The van der Waals surface area contributed by atoms with Gasteiger partial charge in [0.1, 0.15) is 49.3 Å². The molecule has 0 aromatic rings. The smallest absolute Gasteiger partial charge is 0.327 e. The summed E-state index contributed by atoms with van der Waals surface area (Å²) in [6.07, 6.45) is -18.3. The van der Waals surface area contributed by atoms with Gasteiger partial charge in [0.25, 0.3) is 6.47 Å². The Hall–Kier alpha value is -3.74. The molecular weight excluding hydrogens is 889 g/mol. The van der Waals surface area contributed by atoms with Gasteiger partial charge in [-0.25, -0.2) is 4.79 Å². The average molecular weight is 951 g/mol. The fourth-order valence-electron chi connectivity index (χ4n) is 5.46. The Morgan fingerprint density at radius 2 is 1.08 bits per heavy atom. The number of hydrogen-bond acceptors (Lipinski definition) is 21. The van der Waals surface area contributed by atoms with E-state index in [1.165, 1.54) is 0 Å². The minimum Gasteiger partial charge on any atom is -0.481 e. The molecule has 12 atom stereocenters. The van der Waals surface area contributed by atoms with Gasteiger partial charge in [-0.15, -0.1) is 0 Å².